The molecule has 4 rings (SSSR count). The Labute approximate surface area is 112 Å². The maximum Gasteiger partial charge on any atom is 0.236 e. The highest BCUT2D eigenvalue weighted by atomic mass is 32.1. The predicted molar refractivity (Wildman–Crippen MR) is 76.0 cm³/mol. The maximum absolute atomic E-state index is 5.71. The SMILES string of the molecule is Nc1nn2c(-c3cccc4ccccc34)nnc2s1. The van der Waals surface area contributed by atoms with E-state index in [1.807, 2.05) is 24.3 Å². The molecular formula is C13H9N5S. The number of benzene rings is 2. The normalized spacial score (nSPS) is 11.4. The largest absolute Gasteiger partial charge is 0.374 e. The van der Waals surface area contributed by atoms with Crippen molar-refractivity contribution in [2.75, 3.05) is 5.73 Å². The number of anilines is 1. The van der Waals surface area contributed by atoms with Gasteiger partial charge in [-0.1, -0.05) is 53.8 Å². The van der Waals surface area contributed by atoms with Crippen LogP contribution in [0.3, 0.4) is 0 Å². The minimum absolute atomic E-state index is 0.492. The number of nitrogens with two attached hydrogens (primary N) is 1. The molecule has 19 heavy (non-hydrogen) atoms. The van der Waals surface area contributed by atoms with Gasteiger partial charge in [-0.3, -0.25) is 0 Å². The van der Waals surface area contributed by atoms with Gasteiger partial charge in [-0.05, 0) is 10.8 Å². The van der Waals surface area contributed by atoms with Gasteiger partial charge in [-0.15, -0.1) is 15.3 Å². The lowest BCUT2D eigenvalue weighted by atomic mass is 10.0. The minimum atomic E-state index is 0.492. The summed E-state index contributed by atoms with van der Waals surface area (Å²) in [5.74, 6) is 0.722. The summed E-state index contributed by atoms with van der Waals surface area (Å²) in [7, 11) is 0. The fourth-order valence-electron chi connectivity index (χ4n) is 2.22. The quantitative estimate of drug-likeness (QED) is 0.575. The van der Waals surface area contributed by atoms with Gasteiger partial charge in [0.25, 0.3) is 0 Å². The lowest BCUT2D eigenvalue weighted by Gasteiger charge is -2.03. The van der Waals surface area contributed by atoms with Crippen molar-refractivity contribution in [3.8, 4) is 11.4 Å². The van der Waals surface area contributed by atoms with Crippen LogP contribution in [0, 0.1) is 0 Å². The fraction of sp³-hybridized carbons (Fsp3) is 0. The molecule has 0 aliphatic heterocycles. The molecule has 0 atom stereocenters. The molecule has 0 saturated heterocycles. The first-order valence-corrected chi connectivity index (χ1v) is 6.60. The highest BCUT2D eigenvalue weighted by molar-refractivity contribution is 7.20. The Morgan fingerprint density at radius 1 is 1.00 bits per heavy atom. The molecule has 0 fully saturated rings. The second kappa shape index (κ2) is 3.76. The molecule has 2 N–H and O–H groups in total. The molecular weight excluding hydrogens is 258 g/mol. The number of hydrogen-bond donors (Lipinski definition) is 1. The zero-order chi connectivity index (χ0) is 12.8. The van der Waals surface area contributed by atoms with Gasteiger partial charge in [-0.2, -0.15) is 4.52 Å². The number of fused-ring (bicyclic) bond motifs is 2. The minimum Gasteiger partial charge on any atom is -0.374 e. The molecule has 0 aliphatic carbocycles. The molecule has 0 bridgehead atoms. The fourth-order valence-corrected chi connectivity index (χ4v) is 2.83. The zero-order valence-corrected chi connectivity index (χ0v) is 10.6. The molecule has 0 aliphatic rings. The van der Waals surface area contributed by atoms with E-state index in [1.165, 1.54) is 16.7 Å². The molecule has 2 heterocycles. The van der Waals surface area contributed by atoms with Crippen LogP contribution in [-0.2, 0) is 0 Å². The highest BCUT2D eigenvalue weighted by Gasteiger charge is 2.14. The van der Waals surface area contributed by atoms with Gasteiger partial charge in [0.05, 0.1) is 0 Å². The van der Waals surface area contributed by atoms with E-state index in [4.69, 9.17) is 5.73 Å². The number of hydrogen-bond acceptors (Lipinski definition) is 5. The van der Waals surface area contributed by atoms with E-state index in [0.717, 1.165) is 16.8 Å². The van der Waals surface area contributed by atoms with Crippen molar-refractivity contribution >= 4 is 32.2 Å². The topological polar surface area (TPSA) is 69.1 Å². The molecule has 5 nitrogen and oxygen atoms in total. The summed E-state index contributed by atoms with van der Waals surface area (Å²) in [6.07, 6.45) is 0. The second-order valence-corrected chi connectivity index (χ2v) is 5.17. The van der Waals surface area contributed by atoms with Gasteiger partial charge in [0.15, 0.2) is 5.82 Å². The zero-order valence-electron chi connectivity index (χ0n) is 9.82. The lowest BCUT2D eigenvalue weighted by Crippen LogP contribution is -1.93. The predicted octanol–water partition coefficient (Wildman–Crippen LogP) is 2.59. The van der Waals surface area contributed by atoms with E-state index in [-0.39, 0.29) is 0 Å². The van der Waals surface area contributed by atoms with Crippen LogP contribution < -0.4 is 5.73 Å². The van der Waals surface area contributed by atoms with Crippen LogP contribution in [0.4, 0.5) is 5.13 Å². The van der Waals surface area contributed by atoms with Gasteiger partial charge >= 0.3 is 0 Å². The Morgan fingerprint density at radius 3 is 2.79 bits per heavy atom. The monoisotopic (exact) mass is 267 g/mol. The summed E-state index contributed by atoms with van der Waals surface area (Å²) in [6.45, 7) is 0. The summed E-state index contributed by atoms with van der Waals surface area (Å²) in [5, 5.41) is 15.4. The molecule has 0 saturated carbocycles. The summed E-state index contributed by atoms with van der Waals surface area (Å²) in [5.41, 5.74) is 6.72. The van der Waals surface area contributed by atoms with Crippen LogP contribution in [0.2, 0.25) is 0 Å². The molecule has 0 radical (unpaired) electrons. The van der Waals surface area contributed by atoms with Crippen LogP contribution >= 0.6 is 11.3 Å². The van der Waals surface area contributed by atoms with Crippen molar-refractivity contribution < 1.29 is 0 Å². The van der Waals surface area contributed by atoms with Crippen molar-refractivity contribution in [1.29, 1.82) is 0 Å². The number of nitrogens with zero attached hydrogens (tertiary/aromatic N) is 4. The Morgan fingerprint density at radius 2 is 1.84 bits per heavy atom. The van der Waals surface area contributed by atoms with Gasteiger partial charge in [0.1, 0.15) is 0 Å². The summed E-state index contributed by atoms with van der Waals surface area (Å²) in [4.78, 5) is 0.709. The molecule has 0 spiro atoms. The van der Waals surface area contributed by atoms with Crippen LogP contribution in [0.5, 0.6) is 0 Å². The van der Waals surface area contributed by atoms with E-state index in [2.05, 4.69) is 33.5 Å². The standard InChI is InChI=1S/C13H9N5S/c14-12-17-18-11(15-16-13(18)19-12)10-7-3-5-8-4-1-2-6-9(8)10/h1-7H,(H2,14,17). The van der Waals surface area contributed by atoms with Crippen molar-refractivity contribution in [2.24, 2.45) is 0 Å². The summed E-state index contributed by atoms with van der Waals surface area (Å²) < 4.78 is 1.70. The van der Waals surface area contributed by atoms with Gasteiger partial charge in [0.2, 0.25) is 10.1 Å². The molecule has 4 aromatic rings. The maximum atomic E-state index is 5.71. The average molecular weight is 267 g/mol. The molecule has 0 unspecified atom stereocenters. The third kappa shape index (κ3) is 1.50. The second-order valence-electron chi connectivity index (χ2n) is 4.18. The van der Waals surface area contributed by atoms with Gasteiger partial charge < -0.3 is 5.73 Å². The van der Waals surface area contributed by atoms with E-state index in [1.54, 1.807) is 4.52 Å². The first-order chi connectivity index (χ1) is 9.33. The first-order valence-electron chi connectivity index (χ1n) is 5.79. The highest BCUT2D eigenvalue weighted by Crippen LogP contribution is 2.28. The third-order valence-corrected chi connectivity index (χ3v) is 3.76. The van der Waals surface area contributed by atoms with Crippen molar-refractivity contribution in [3.05, 3.63) is 42.5 Å². The van der Waals surface area contributed by atoms with E-state index < -0.39 is 0 Å². The van der Waals surface area contributed by atoms with Crippen molar-refractivity contribution in [2.45, 2.75) is 0 Å². The van der Waals surface area contributed by atoms with Crippen LogP contribution in [0.15, 0.2) is 42.5 Å². The van der Waals surface area contributed by atoms with Crippen LogP contribution in [0.25, 0.3) is 27.1 Å². The molecule has 6 heteroatoms. The van der Waals surface area contributed by atoms with Crippen molar-refractivity contribution in [1.82, 2.24) is 19.8 Å². The van der Waals surface area contributed by atoms with Gasteiger partial charge in [0, 0.05) is 5.56 Å². The van der Waals surface area contributed by atoms with Crippen molar-refractivity contribution in [3.63, 3.8) is 0 Å². The summed E-state index contributed by atoms with van der Waals surface area (Å²) in [6, 6.07) is 14.3. The number of rotatable bonds is 1. The Balaban J connectivity index is 2.09. The molecule has 92 valence electrons. The van der Waals surface area contributed by atoms with E-state index in [0.29, 0.717) is 10.1 Å². The first kappa shape index (κ1) is 10.5. The Hall–Kier alpha value is -2.47. The molecule has 2 aromatic carbocycles. The van der Waals surface area contributed by atoms with Crippen LogP contribution in [0.1, 0.15) is 0 Å². The third-order valence-electron chi connectivity index (χ3n) is 3.04. The molecule has 0 amide bonds. The smallest absolute Gasteiger partial charge is 0.236 e. The van der Waals surface area contributed by atoms with E-state index in [9.17, 15) is 0 Å². The lowest BCUT2D eigenvalue weighted by molar-refractivity contribution is 0.974. The Bertz CT molecular complexity index is 887. The van der Waals surface area contributed by atoms with E-state index >= 15 is 0 Å². The van der Waals surface area contributed by atoms with Crippen LogP contribution in [-0.4, -0.2) is 19.8 Å². The summed E-state index contributed by atoms with van der Waals surface area (Å²) >= 11 is 1.33. The average Bonchev–Trinajstić information content (AvgIpc) is 2.97. The van der Waals surface area contributed by atoms with Gasteiger partial charge in [-0.25, -0.2) is 0 Å². The number of nitrogen functional groups attached to an aromatic ring is 1. The molecule has 2 aromatic heterocycles. The number of aromatic nitrogens is 4. The Kier molecular flexibility index (Phi) is 2.07.